The largest absolute Gasteiger partial charge is 0.309 e. The molecule has 4 aromatic heterocycles. The maximum absolute atomic E-state index is 10.2. The maximum atomic E-state index is 10.2. The van der Waals surface area contributed by atoms with E-state index in [1.54, 1.807) is 0 Å². The van der Waals surface area contributed by atoms with Gasteiger partial charge in [0.15, 0.2) is 0 Å². The van der Waals surface area contributed by atoms with Gasteiger partial charge in [-0.15, -0.1) is 11.3 Å². The number of hydrogen-bond acceptors (Lipinski definition) is 4. The summed E-state index contributed by atoms with van der Waals surface area (Å²) in [6, 6.07) is 48.5. The Balaban J connectivity index is 1.22. The third-order valence-electron chi connectivity index (χ3n) is 9.62. The highest BCUT2D eigenvalue weighted by Gasteiger charge is 2.19. The predicted octanol–water partition coefficient (Wildman–Crippen LogP) is 11.1. The lowest BCUT2D eigenvalue weighted by atomic mass is 10.0. The van der Waals surface area contributed by atoms with E-state index in [9.17, 15) is 10.5 Å². The van der Waals surface area contributed by atoms with Gasteiger partial charge in [0, 0.05) is 54.6 Å². The van der Waals surface area contributed by atoms with Crippen LogP contribution in [0.2, 0.25) is 0 Å². The van der Waals surface area contributed by atoms with Crippen molar-refractivity contribution in [3.63, 3.8) is 0 Å². The molecule has 0 aliphatic rings. The lowest BCUT2D eigenvalue weighted by molar-refractivity contribution is 1.17. The minimum atomic E-state index is 0.575. The van der Waals surface area contributed by atoms with E-state index in [4.69, 9.17) is 0 Å². The first kappa shape index (κ1) is 27.4. The van der Waals surface area contributed by atoms with Crippen LogP contribution in [0.3, 0.4) is 0 Å². The molecular weight excluding hydrogens is 619 g/mol. The second kappa shape index (κ2) is 10.4. The standard InChI is InChI=1S/C43H23N5S/c44-23-26-12-15-39-37(20-26)32-8-1-3-10-38(32)47(39)31-19-27(24-45)18-29(22-31)28-6-5-7-30(21-28)48-40-25-46-17-16-33(40)35-13-14-36-34-9-2-4-11-41(34)49-43(36)42(35)48/h1-22,25H. The molecule has 0 radical (unpaired) electrons. The molecule has 0 amide bonds. The Morgan fingerprint density at radius 3 is 2.18 bits per heavy atom. The minimum Gasteiger partial charge on any atom is -0.309 e. The number of pyridine rings is 1. The molecule has 0 aliphatic carbocycles. The molecule has 0 bridgehead atoms. The normalized spacial score (nSPS) is 11.6. The molecule has 0 fully saturated rings. The summed E-state index contributed by atoms with van der Waals surface area (Å²) in [6.45, 7) is 0. The zero-order chi connectivity index (χ0) is 32.6. The van der Waals surface area contributed by atoms with E-state index in [-0.39, 0.29) is 0 Å². The van der Waals surface area contributed by atoms with Crippen molar-refractivity contribution in [2.75, 3.05) is 0 Å². The second-order valence-electron chi connectivity index (χ2n) is 12.3. The van der Waals surface area contributed by atoms with Crippen LogP contribution in [-0.4, -0.2) is 14.1 Å². The smallest absolute Gasteiger partial charge is 0.0992 e. The van der Waals surface area contributed by atoms with E-state index < -0.39 is 0 Å². The molecule has 0 saturated heterocycles. The molecule has 5 nitrogen and oxygen atoms in total. The summed E-state index contributed by atoms with van der Waals surface area (Å²) in [5.74, 6) is 0. The van der Waals surface area contributed by atoms with Crippen molar-refractivity contribution in [3.05, 3.63) is 151 Å². The number of benzene rings is 6. The molecule has 49 heavy (non-hydrogen) atoms. The number of nitrogens with zero attached hydrogens (tertiary/aromatic N) is 5. The zero-order valence-corrected chi connectivity index (χ0v) is 26.7. The Bertz CT molecular complexity index is 3090. The van der Waals surface area contributed by atoms with Gasteiger partial charge in [0.2, 0.25) is 0 Å². The number of thiophene rings is 1. The van der Waals surface area contributed by atoms with Gasteiger partial charge in [-0.1, -0.05) is 60.7 Å². The van der Waals surface area contributed by atoms with E-state index in [0.29, 0.717) is 11.1 Å². The van der Waals surface area contributed by atoms with E-state index >= 15 is 0 Å². The Morgan fingerprint density at radius 1 is 0.510 bits per heavy atom. The van der Waals surface area contributed by atoms with Crippen molar-refractivity contribution >= 4 is 75.1 Å². The summed E-state index contributed by atoms with van der Waals surface area (Å²) in [5.41, 5.74) is 9.29. The molecule has 6 heteroatoms. The first-order valence-electron chi connectivity index (χ1n) is 16.0. The van der Waals surface area contributed by atoms with Crippen LogP contribution < -0.4 is 0 Å². The molecule has 0 unspecified atom stereocenters. The lowest BCUT2D eigenvalue weighted by Gasteiger charge is -2.13. The Morgan fingerprint density at radius 2 is 1.29 bits per heavy atom. The minimum absolute atomic E-state index is 0.575. The van der Waals surface area contributed by atoms with Crippen LogP contribution in [0, 0.1) is 22.7 Å². The van der Waals surface area contributed by atoms with Crippen molar-refractivity contribution in [1.82, 2.24) is 14.1 Å². The van der Waals surface area contributed by atoms with Gasteiger partial charge in [0.05, 0.1) is 56.2 Å². The highest BCUT2D eigenvalue weighted by molar-refractivity contribution is 7.26. The quantitative estimate of drug-likeness (QED) is 0.193. The molecule has 10 aromatic rings. The van der Waals surface area contributed by atoms with Crippen LogP contribution in [0.5, 0.6) is 0 Å². The highest BCUT2D eigenvalue weighted by Crippen LogP contribution is 2.43. The van der Waals surface area contributed by atoms with Crippen LogP contribution in [-0.2, 0) is 0 Å². The van der Waals surface area contributed by atoms with Crippen molar-refractivity contribution in [2.24, 2.45) is 0 Å². The monoisotopic (exact) mass is 641 g/mol. The highest BCUT2D eigenvalue weighted by atomic mass is 32.1. The van der Waals surface area contributed by atoms with Crippen molar-refractivity contribution < 1.29 is 0 Å². The predicted molar refractivity (Wildman–Crippen MR) is 201 cm³/mol. The Hall–Kier alpha value is -6.73. The lowest BCUT2D eigenvalue weighted by Crippen LogP contribution is -1.97. The van der Waals surface area contributed by atoms with Crippen molar-refractivity contribution in [1.29, 1.82) is 10.5 Å². The Labute approximate surface area is 284 Å². The fourth-order valence-corrected chi connectivity index (χ4v) is 8.75. The number of rotatable bonds is 3. The number of aromatic nitrogens is 3. The summed E-state index contributed by atoms with van der Waals surface area (Å²) >= 11 is 1.83. The van der Waals surface area contributed by atoms with Gasteiger partial charge in [-0.2, -0.15) is 10.5 Å². The Kier molecular flexibility index (Phi) is 5.81. The van der Waals surface area contributed by atoms with Crippen molar-refractivity contribution in [3.8, 4) is 34.6 Å². The molecule has 10 rings (SSSR count). The SMILES string of the molecule is N#Cc1cc(-c2cccc(-n3c4cnccc4c4ccc5c6ccccc6sc5c43)c2)cc(-n2c3ccccc3c3cc(C#N)ccc32)c1. The average molecular weight is 642 g/mol. The molecule has 0 N–H and O–H groups in total. The van der Waals surface area contributed by atoms with Gasteiger partial charge in [0.1, 0.15) is 0 Å². The van der Waals surface area contributed by atoms with Gasteiger partial charge in [-0.25, -0.2) is 0 Å². The topological polar surface area (TPSA) is 70.3 Å². The van der Waals surface area contributed by atoms with Crippen molar-refractivity contribution in [2.45, 2.75) is 0 Å². The van der Waals surface area contributed by atoms with Gasteiger partial charge < -0.3 is 9.13 Å². The van der Waals surface area contributed by atoms with Gasteiger partial charge >= 0.3 is 0 Å². The summed E-state index contributed by atoms with van der Waals surface area (Å²) in [4.78, 5) is 4.55. The molecule has 4 heterocycles. The van der Waals surface area contributed by atoms with Gasteiger partial charge in [-0.05, 0) is 77.9 Å². The number of fused-ring (bicyclic) bond motifs is 10. The summed E-state index contributed by atoms with van der Waals surface area (Å²) < 4.78 is 7.05. The maximum Gasteiger partial charge on any atom is 0.0992 e. The van der Waals surface area contributed by atoms with E-state index in [0.717, 1.165) is 55.2 Å². The molecule has 0 aliphatic heterocycles. The fourth-order valence-electron chi connectivity index (χ4n) is 7.51. The van der Waals surface area contributed by atoms with Gasteiger partial charge in [-0.3, -0.25) is 4.98 Å². The molecular formula is C43H23N5S. The zero-order valence-electron chi connectivity index (χ0n) is 25.9. The molecule has 0 spiro atoms. The first-order chi connectivity index (χ1) is 24.2. The average Bonchev–Trinajstić information content (AvgIpc) is 3.82. The van der Waals surface area contributed by atoms with Crippen LogP contribution in [0.25, 0.3) is 86.3 Å². The number of hydrogen-bond donors (Lipinski definition) is 0. The number of para-hydroxylation sites is 1. The second-order valence-corrected chi connectivity index (χ2v) is 13.3. The molecule has 0 saturated carbocycles. The summed E-state index contributed by atoms with van der Waals surface area (Å²) in [5, 5.41) is 26.8. The first-order valence-corrected chi connectivity index (χ1v) is 16.8. The van der Waals surface area contributed by atoms with E-state index in [1.807, 2.05) is 66.2 Å². The van der Waals surface area contributed by atoms with Crippen LogP contribution in [0.1, 0.15) is 11.1 Å². The van der Waals surface area contributed by atoms with Crippen LogP contribution in [0.4, 0.5) is 0 Å². The third kappa shape index (κ3) is 3.99. The fraction of sp³-hybridized carbons (Fsp3) is 0. The molecule has 6 aromatic carbocycles. The van der Waals surface area contributed by atoms with Crippen LogP contribution in [0.15, 0.2) is 140 Å². The van der Waals surface area contributed by atoms with Crippen LogP contribution >= 0.6 is 11.3 Å². The number of nitriles is 2. The molecule has 226 valence electrons. The summed E-state index contributed by atoms with van der Waals surface area (Å²) in [6.07, 6.45) is 3.82. The van der Waals surface area contributed by atoms with E-state index in [2.05, 4.69) is 111 Å². The van der Waals surface area contributed by atoms with E-state index in [1.165, 1.54) is 31.1 Å². The molecule has 0 atom stereocenters. The summed E-state index contributed by atoms with van der Waals surface area (Å²) in [7, 11) is 0. The van der Waals surface area contributed by atoms with Gasteiger partial charge in [0.25, 0.3) is 0 Å². The third-order valence-corrected chi connectivity index (χ3v) is 10.8.